The van der Waals surface area contributed by atoms with Crippen LogP contribution in [-0.2, 0) is 0 Å². The highest BCUT2D eigenvalue weighted by Crippen LogP contribution is 2.62. The first-order valence-electron chi connectivity index (χ1n) is 7.55. The molecule has 0 rings (SSSR count). The second kappa shape index (κ2) is 7.78. The number of rotatable bonds is 10. The van der Waals surface area contributed by atoms with Crippen LogP contribution in [0, 0.1) is 0 Å². The molecule has 0 spiro atoms. The average Bonchev–Trinajstić information content (AvgIpc) is 2.48. The van der Waals surface area contributed by atoms with Gasteiger partial charge in [-0.25, -0.2) is 0 Å². The van der Waals surface area contributed by atoms with Crippen molar-refractivity contribution in [1.29, 1.82) is 0 Å². The van der Waals surface area contributed by atoms with E-state index in [1.807, 2.05) is 0 Å². The quantitative estimate of drug-likeness (QED) is 0.270. The van der Waals surface area contributed by atoms with Gasteiger partial charge in [0, 0.05) is 6.54 Å². The van der Waals surface area contributed by atoms with Gasteiger partial charge >= 0.3 is 41.7 Å². The Bertz CT molecular complexity index is 588. The molecular formula is C13H16F15N2+. The van der Waals surface area contributed by atoms with Gasteiger partial charge in [-0.3, -0.25) is 0 Å². The fourth-order valence-corrected chi connectivity index (χ4v) is 1.77. The Kier molecular flexibility index (Phi) is 7.48. The molecule has 0 saturated carbocycles. The van der Waals surface area contributed by atoms with Crippen LogP contribution in [0.2, 0.25) is 0 Å². The summed E-state index contributed by atoms with van der Waals surface area (Å²) in [7, 11) is 4.39. The van der Waals surface area contributed by atoms with E-state index in [-0.39, 0.29) is 11.0 Å². The van der Waals surface area contributed by atoms with Crippen LogP contribution >= 0.6 is 0 Å². The third-order valence-corrected chi connectivity index (χ3v) is 3.70. The first-order chi connectivity index (χ1) is 12.7. The molecule has 0 aliphatic carbocycles. The molecule has 0 unspecified atom stereocenters. The molecule has 1 N–H and O–H groups in total. The van der Waals surface area contributed by atoms with Crippen molar-refractivity contribution in [3.8, 4) is 0 Å². The lowest BCUT2D eigenvalue weighted by Gasteiger charge is -2.41. The molecule has 0 saturated heterocycles. The zero-order valence-electron chi connectivity index (χ0n) is 15.2. The number of alkyl halides is 15. The van der Waals surface area contributed by atoms with Crippen molar-refractivity contribution < 1.29 is 70.3 Å². The molecule has 17 heteroatoms. The van der Waals surface area contributed by atoms with Crippen LogP contribution in [0.15, 0.2) is 0 Å². The Morgan fingerprint density at radius 1 is 0.533 bits per heavy atom. The van der Waals surface area contributed by atoms with E-state index in [2.05, 4.69) is 0 Å². The monoisotopic (exact) mass is 485 g/mol. The van der Waals surface area contributed by atoms with Crippen molar-refractivity contribution in [2.45, 2.75) is 41.7 Å². The highest BCUT2D eigenvalue weighted by Gasteiger charge is 2.93. The predicted molar refractivity (Wildman–Crippen MR) is 71.5 cm³/mol. The molecule has 30 heavy (non-hydrogen) atoms. The average molecular weight is 485 g/mol. The Morgan fingerprint density at radius 3 is 1.20 bits per heavy atom. The molecule has 0 aliphatic rings. The summed E-state index contributed by atoms with van der Waals surface area (Å²) in [5.41, 5.74) is 0. The summed E-state index contributed by atoms with van der Waals surface area (Å²) in [6.45, 7) is -3.21. The van der Waals surface area contributed by atoms with E-state index >= 15 is 0 Å². The predicted octanol–water partition coefficient (Wildman–Crippen LogP) is 4.66. The van der Waals surface area contributed by atoms with E-state index in [9.17, 15) is 65.9 Å². The topological polar surface area (TPSA) is 12.0 Å². The molecule has 0 aromatic heterocycles. The summed E-state index contributed by atoms with van der Waals surface area (Å²) >= 11 is 0. The van der Waals surface area contributed by atoms with Crippen molar-refractivity contribution in [3.05, 3.63) is 0 Å². The van der Waals surface area contributed by atoms with Crippen LogP contribution in [0.3, 0.4) is 0 Å². The number of quaternary nitrogens is 1. The van der Waals surface area contributed by atoms with Gasteiger partial charge in [0.25, 0.3) is 0 Å². The van der Waals surface area contributed by atoms with Gasteiger partial charge in [0.2, 0.25) is 0 Å². The second-order valence-corrected chi connectivity index (χ2v) is 7.26. The number of likely N-dealkylation sites (N-methyl/N-ethyl adjacent to an activating group) is 1. The minimum Gasteiger partial charge on any atom is -0.330 e. The van der Waals surface area contributed by atoms with Gasteiger partial charge < -0.3 is 9.80 Å². The van der Waals surface area contributed by atoms with Crippen LogP contribution in [0.4, 0.5) is 65.9 Å². The zero-order valence-corrected chi connectivity index (χ0v) is 15.2. The van der Waals surface area contributed by atoms with Crippen LogP contribution < -0.4 is 5.32 Å². The van der Waals surface area contributed by atoms with Crippen LogP contribution in [-0.4, -0.2) is 87.0 Å². The van der Waals surface area contributed by atoms with E-state index < -0.39 is 54.8 Å². The van der Waals surface area contributed by atoms with E-state index in [0.29, 0.717) is 0 Å². The Morgan fingerprint density at radius 2 is 0.867 bits per heavy atom. The fourth-order valence-electron chi connectivity index (χ4n) is 1.77. The maximum Gasteiger partial charge on any atom is 0.460 e. The molecule has 0 fully saturated rings. The number of nitrogens with one attached hydrogen (secondary N) is 1. The Balaban J connectivity index is 5.99. The first kappa shape index (κ1) is 28.9. The number of hydrogen-bond donors (Lipinski definition) is 1. The smallest absolute Gasteiger partial charge is 0.330 e. The van der Waals surface area contributed by atoms with Gasteiger partial charge in [-0.15, -0.1) is 0 Å². The van der Waals surface area contributed by atoms with Crippen LogP contribution in [0.1, 0.15) is 0 Å². The number of halogens is 15. The van der Waals surface area contributed by atoms with Crippen molar-refractivity contribution >= 4 is 0 Å². The number of nitrogens with zero attached hydrogens (tertiary/aromatic N) is 1. The number of hydrogen-bond acceptors (Lipinski definition) is 1. The first-order valence-corrected chi connectivity index (χ1v) is 7.55. The van der Waals surface area contributed by atoms with Gasteiger partial charge in [-0.2, -0.15) is 65.9 Å². The van der Waals surface area contributed by atoms with Gasteiger partial charge in [0.1, 0.15) is 0 Å². The van der Waals surface area contributed by atoms with Gasteiger partial charge in [-0.1, -0.05) is 0 Å². The fraction of sp³-hybridized carbons (Fsp3) is 1.00. The van der Waals surface area contributed by atoms with E-state index in [1.54, 1.807) is 0 Å². The van der Waals surface area contributed by atoms with Crippen molar-refractivity contribution in [3.63, 3.8) is 0 Å². The lowest BCUT2D eigenvalue weighted by Crippen LogP contribution is -2.73. The maximum atomic E-state index is 13.5. The summed E-state index contributed by atoms with van der Waals surface area (Å²) < 4.78 is 194. The molecule has 0 bridgehead atoms. The van der Waals surface area contributed by atoms with E-state index in [4.69, 9.17) is 0 Å². The second-order valence-electron chi connectivity index (χ2n) is 7.26. The molecule has 0 amide bonds. The van der Waals surface area contributed by atoms with E-state index in [1.165, 1.54) is 26.5 Å². The minimum absolute atomic E-state index is 0.0158. The highest BCUT2D eigenvalue weighted by molar-refractivity contribution is 5.13. The van der Waals surface area contributed by atoms with Gasteiger partial charge in [0.15, 0.2) is 0 Å². The van der Waals surface area contributed by atoms with E-state index in [0.717, 1.165) is 0 Å². The largest absolute Gasteiger partial charge is 0.460 e. The molecule has 0 aromatic carbocycles. The minimum atomic E-state index is -8.24. The van der Waals surface area contributed by atoms with Gasteiger partial charge in [-0.05, 0) is 0 Å². The molecule has 0 atom stereocenters. The van der Waals surface area contributed by atoms with Crippen molar-refractivity contribution in [2.75, 3.05) is 40.8 Å². The zero-order chi connectivity index (χ0) is 24.8. The normalized spacial score (nSPS) is 16.2. The molecule has 0 radical (unpaired) electrons. The lowest BCUT2D eigenvalue weighted by atomic mass is 9.91. The highest BCUT2D eigenvalue weighted by atomic mass is 19.4. The van der Waals surface area contributed by atoms with Gasteiger partial charge in [0.05, 0.1) is 34.2 Å². The molecule has 0 aromatic rings. The molecule has 2 nitrogen and oxygen atoms in total. The molecular weight excluding hydrogens is 469 g/mol. The van der Waals surface area contributed by atoms with Crippen molar-refractivity contribution in [2.24, 2.45) is 0 Å². The van der Waals surface area contributed by atoms with Crippen LogP contribution in [0.25, 0.3) is 0 Å². The Labute approximate surface area is 159 Å². The lowest BCUT2D eigenvalue weighted by molar-refractivity contribution is -0.869. The molecule has 0 aliphatic heterocycles. The standard InChI is InChI=1S/C13H16F15N2/c1-30(2,3)5-4-29-6-7(14,15)8(16,17)9(18,19)10(20,21)11(22,23)12(24,25)13(26,27)28/h29H,4-6H2,1-3H3/q+1. The summed E-state index contributed by atoms with van der Waals surface area (Å²) in [6.07, 6.45) is -7.60. The summed E-state index contributed by atoms with van der Waals surface area (Å²) in [5.74, 6) is -46.1. The maximum absolute atomic E-state index is 13.5. The Hall–Kier alpha value is -1.13. The van der Waals surface area contributed by atoms with Crippen LogP contribution in [0.5, 0.6) is 0 Å². The van der Waals surface area contributed by atoms with Crippen molar-refractivity contribution in [1.82, 2.24) is 5.32 Å². The molecule has 182 valence electrons. The summed E-state index contributed by atoms with van der Waals surface area (Å²) in [4.78, 5) is 0. The third-order valence-electron chi connectivity index (χ3n) is 3.70. The SMILES string of the molecule is C[N+](C)(C)CCNCC(F)(F)C(F)(F)C(F)(F)C(F)(F)C(F)(F)C(F)(F)C(F)(F)F. The molecule has 0 heterocycles. The summed E-state index contributed by atoms with van der Waals surface area (Å²) in [6, 6.07) is 0. The third kappa shape index (κ3) is 4.70. The summed E-state index contributed by atoms with van der Waals surface area (Å²) in [5, 5.41) is 1.47.